The van der Waals surface area contributed by atoms with Gasteiger partial charge in [-0.05, 0) is 87.3 Å². The largest absolute Gasteiger partial charge is 0.494 e. The zero-order valence-electron chi connectivity index (χ0n) is 15.3. The quantitative estimate of drug-likeness (QED) is 0.831. The predicted molar refractivity (Wildman–Crippen MR) is 98.1 cm³/mol. The first-order valence-corrected chi connectivity index (χ1v) is 9.20. The lowest BCUT2D eigenvalue weighted by molar-refractivity contribution is 0.155. The highest BCUT2D eigenvalue weighted by atomic mass is 16.5. The number of rotatable bonds is 7. The van der Waals surface area contributed by atoms with E-state index in [1.54, 1.807) is 0 Å². The minimum atomic E-state index is 0.479. The van der Waals surface area contributed by atoms with Crippen LogP contribution in [0.1, 0.15) is 50.7 Å². The molecule has 23 heavy (non-hydrogen) atoms. The van der Waals surface area contributed by atoms with Crippen LogP contribution in [0.4, 0.5) is 0 Å². The molecule has 1 heterocycles. The van der Waals surface area contributed by atoms with Crippen LogP contribution >= 0.6 is 0 Å². The Morgan fingerprint density at radius 3 is 2.48 bits per heavy atom. The highest BCUT2D eigenvalue weighted by molar-refractivity contribution is 5.37. The van der Waals surface area contributed by atoms with Crippen molar-refractivity contribution in [3.05, 3.63) is 29.3 Å². The van der Waals surface area contributed by atoms with Gasteiger partial charge >= 0.3 is 0 Å². The number of aryl methyl sites for hydroxylation is 1. The highest BCUT2D eigenvalue weighted by Gasteiger charge is 2.27. The van der Waals surface area contributed by atoms with Gasteiger partial charge in [-0.1, -0.05) is 19.9 Å². The number of piperidine rings is 1. The summed E-state index contributed by atoms with van der Waals surface area (Å²) >= 11 is 0. The van der Waals surface area contributed by atoms with Gasteiger partial charge in [0, 0.05) is 6.54 Å². The van der Waals surface area contributed by atoms with Crippen LogP contribution in [0, 0.1) is 18.8 Å². The zero-order valence-corrected chi connectivity index (χ0v) is 15.3. The smallest absolute Gasteiger partial charge is 0.119 e. The molecule has 1 atom stereocenters. The molecule has 0 aromatic heterocycles. The Labute approximate surface area is 142 Å². The van der Waals surface area contributed by atoms with Crippen molar-refractivity contribution in [1.29, 1.82) is 0 Å². The summed E-state index contributed by atoms with van der Waals surface area (Å²) in [6.07, 6.45) is 2.53. The van der Waals surface area contributed by atoms with Gasteiger partial charge in [0.1, 0.15) is 5.75 Å². The molecule has 1 aromatic carbocycles. The van der Waals surface area contributed by atoms with E-state index in [4.69, 9.17) is 10.5 Å². The van der Waals surface area contributed by atoms with Crippen LogP contribution < -0.4 is 10.5 Å². The van der Waals surface area contributed by atoms with Crippen molar-refractivity contribution < 1.29 is 4.74 Å². The van der Waals surface area contributed by atoms with E-state index in [1.807, 2.05) is 6.92 Å². The van der Waals surface area contributed by atoms with E-state index >= 15 is 0 Å². The second-order valence-corrected chi connectivity index (χ2v) is 7.33. The van der Waals surface area contributed by atoms with E-state index in [0.29, 0.717) is 18.4 Å². The van der Waals surface area contributed by atoms with Gasteiger partial charge in [0.05, 0.1) is 6.61 Å². The van der Waals surface area contributed by atoms with Crippen LogP contribution in [0.25, 0.3) is 0 Å². The Bertz CT molecular complexity index is 479. The van der Waals surface area contributed by atoms with Crippen LogP contribution in [-0.4, -0.2) is 37.7 Å². The second kappa shape index (κ2) is 8.70. The summed E-state index contributed by atoms with van der Waals surface area (Å²) in [6.45, 7) is 13.9. The molecule has 0 aliphatic carbocycles. The average molecular weight is 319 g/mol. The van der Waals surface area contributed by atoms with E-state index in [0.717, 1.165) is 18.2 Å². The molecule has 1 saturated heterocycles. The van der Waals surface area contributed by atoms with Gasteiger partial charge in [0.25, 0.3) is 0 Å². The van der Waals surface area contributed by atoms with Gasteiger partial charge in [-0.2, -0.15) is 0 Å². The molecule has 1 unspecified atom stereocenters. The SMILES string of the molecule is CCOc1ccc(C(CN)C2CCN(CC(C)C)CC2)c(C)c1. The van der Waals surface area contributed by atoms with Crippen LogP contribution in [0.3, 0.4) is 0 Å². The van der Waals surface area contributed by atoms with E-state index in [-0.39, 0.29) is 0 Å². The maximum absolute atomic E-state index is 6.17. The molecule has 130 valence electrons. The zero-order chi connectivity index (χ0) is 16.8. The van der Waals surface area contributed by atoms with Gasteiger partial charge in [-0.25, -0.2) is 0 Å². The fourth-order valence-electron chi connectivity index (χ4n) is 3.95. The topological polar surface area (TPSA) is 38.5 Å². The molecule has 3 heteroatoms. The van der Waals surface area contributed by atoms with Crippen molar-refractivity contribution in [3.8, 4) is 5.75 Å². The summed E-state index contributed by atoms with van der Waals surface area (Å²) in [4.78, 5) is 2.61. The van der Waals surface area contributed by atoms with E-state index in [2.05, 4.69) is 43.9 Å². The van der Waals surface area contributed by atoms with Gasteiger partial charge in [0.2, 0.25) is 0 Å². The fourth-order valence-corrected chi connectivity index (χ4v) is 3.95. The first-order valence-electron chi connectivity index (χ1n) is 9.20. The molecule has 0 bridgehead atoms. The minimum Gasteiger partial charge on any atom is -0.494 e. The Morgan fingerprint density at radius 2 is 1.96 bits per heavy atom. The summed E-state index contributed by atoms with van der Waals surface area (Å²) in [6, 6.07) is 6.50. The van der Waals surface area contributed by atoms with Crippen molar-refractivity contribution >= 4 is 0 Å². The first kappa shape index (κ1) is 18.3. The lowest BCUT2D eigenvalue weighted by Gasteiger charge is -2.37. The van der Waals surface area contributed by atoms with Crippen LogP contribution in [0.5, 0.6) is 5.75 Å². The maximum atomic E-state index is 6.17. The Hall–Kier alpha value is -1.06. The Kier molecular flexibility index (Phi) is 6.91. The van der Waals surface area contributed by atoms with E-state index in [1.165, 1.54) is 43.6 Å². The maximum Gasteiger partial charge on any atom is 0.119 e. The van der Waals surface area contributed by atoms with Crippen molar-refractivity contribution in [3.63, 3.8) is 0 Å². The standard InChI is InChI=1S/C20H34N2O/c1-5-23-18-6-7-19(16(4)12-18)20(13-21)17-8-10-22(11-9-17)14-15(2)3/h6-7,12,15,17,20H,5,8-11,13-14,21H2,1-4H3. The molecule has 1 aliphatic heterocycles. The van der Waals surface area contributed by atoms with Crippen molar-refractivity contribution in [1.82, 2.24) is 4.90 Å². The molecule has 2 N–H and O–H groups in total. The minimum absolute atomic E-state index is 0.479. The Morgan fingerprint density at radius 1 is 1.26 bits per heavy atom. The van der Waals surface area contributed by atoms with Crippen LogP contribution in [0.2, 0.25) is 0 Å². The molecular formula is C20H34N2O. The lowest BCUT2D eigenvalue weighted by Crippen LogP contribution is -2.39. The number of benzene rings is 1. The van der Waals surface area contributed by atoms with Crippen molar-refractivity contribution in [2.45, 2.75) is 46.5 Å². The average Bonchev–Trinajstić information content (AvgIpc) is 2.51. The monoisotopic (exact) mass is 318 g/mol. The molecule has 0 saturated carbocycles. The normalized spacial score (nSPS) is 18.3. The molecule has 0 radical (unpaired) electrons. The molecule has 0 spiro atoms. The number of nitrogens with two attached hydrogens (primary N) is 1. The summed E-state index contributed by atoms with van der Waals surface area (Å²) in [5.74, 6) is 2.91. The van der Waals surface area contributed by atoms with E-state index in [9.17, 15) is 0 Å². The fraction of sp³-hybridized carbons (Fsp3) is 0.700. The third kappa shape index (κ3) is 4.95. The third-order valence-electron chi connectivity index (χ3n) is 5.03. The molecule has 1 aromatic rings. The summed E-state index contributed by atoms with van der Waals surface area (Å²) in [5, 5.41) is 0. The van der Waals surface area contributed by atoms with Gasteiger partial charge in [-0.15, -0.1) is 0 Å². The third-order valence-corrected chi connectivity index (χ3v) is 5.03. The van der Waals surface area contributed by atoms with Gasteiger partial charge in [-0.3, -0.25) is 0 Å². The van der Waals surface area contributed by atoms with Crippen molar-refractivity contribution in [2.24, 2.45) is 17.6 Å². The van der Waals surface area contributed by atoms with Gasteiger partial charge in [0.15, 0.2) is 0 Å². The highest BCUT2D eigenvalue weighted by Crippen LogP contribution is 2.35. The number of ether oxygens (including phenoxy) is 1. The molecule has 2 rings (SSSR count). The summed E-state index contributed by atoms with van der Waals surface area (Å²) in [5.41, 5.74) is 8.90. The molecular weight excluding hydrogens is 284 g/mol. The molecule has 3 nitrogen and oxygen atoms in total. The number of hydrogen-bond acceptors (Lipinski definition) is 3. The number of likely N-dealkylation sites (tertiary alicyclic amines) is 1. The molecule has 1 fully saturated rings. The summed E-state index contributed by atoms with van der Waals surface area (Å²) < 4.78 is 5.61. The molecule has 0 amide bonds. The van der Waals surface area contributed by atoms with Crippen molar-refractivity contribution in [2.75, 3.05) is 32.8 Å². The summed E-state index contributed by atoms with van der Waals surface area (Å²) in [7, 11) is 0. The first-order chi connectivity index (χ1) is 11.0. The molecule has 1 aliphatic rings. The second-order valence-electron chi connectivity index (χ2n) is 7.33. The Balaban J connectivity index is 2.03. The lowest BCUT2D eigenvalue weighted by atomic mass is 9.78. The number of hydrogen-bond donors (Lipinski definition) is 1. The van der Waals surface area contributed by atoms with Crippen LogP contribution in [-0.2, 0) is 0 Å². The predicted octanol–water partition coefficient (Wildman–Crippen LogP) is 3.80. The van der Waals surface area contributed by atoms with Crippen LogP contribution in [0.15, 0.2) is 18.2 Å². The number of nitrogens with zero attached hydrogens (tertiary/aromatic N) is 1. The van der Waals surface area contributed by atoms with E-state index < -0.39 is 0 Å². The van der Waals surface area contributed by atoms with Gasteiger partial charge < -0.3 is 15.4 Å².